The van der Waals surface area contributed by atoms with Crippen molar-refractivity contribution in [3.8, 4) is 0 Å². The van der Waals surface area contributed by atoms with Crippen LogP contribution in [-0.2, 0) is 0 Å². The molecule has 0 fully saturated rings. The Bertz CT molecular complexity index is 300. The topological polar surface area (TPSA) is 136 Å². The van der Waals surface area contributed by atoms with Gasteiger partial charge in [0.25, 0.3) is 0 Å². The molecule has 1 rings (SSSR count). The Morgan fingerprint density at radius 2 is 1.44 bits per heavy atom. The molecule has 0 aliphatic rings. The first-order chi connectivity index (χ1) is 6.00. The second-order valence-corrected chi connectivity index (χ2v) is 2.55. The molecule has 1 aromatic rings. The Hall–Kier alpha value is -0.890. The van der Waals surface area contributed by atoms with Crippen LogP contribution >= 0.6 is 37.2 Å². The molecule has 0 spiro atoms. The van der Waals surface area contributed by atoms with Crippen molar-refractivity contribution in [1.29, 1.82) is 0 Å². The summed E-state index contributed by atoms with van der Waals surface area (Å²) in [5, 5.41) is 11.5. The van der Waals surface area contributed by atoms with Gasteiger partial charge in [-0.1, -0.05) is 0 Å². The highest BCUT2D eigenvalue weighted by atomic mass is 35.5. The Kier molecular flexibility index (Phi) is 10.6. The molecule has 8 N–H and O–H groups in total. The zero-order valence-corrected chi connectivity index (χ0v) is 10.8. The maximum absolute atomic E-state index is 8.95. The fourth-order valence-electron chi connectivity index (χ4n) is 0.756. The highest BCUT2D eigenvalue weighted by Gasteiger charge is 2.07. The van der Waals surface area contributed by atoms with E-state index in [1.165, 1.54) is 6.92 Å². The molecule has 0 aliphatic heterocycles. The molecule has 0 bridgehead atoms. The van der Waals surface area contributed by atoms with E-state index in [0.29, 0.717) is 0 Å². The van der Waals surface area contributed by atoms with Crippen molar-refractivity contribution in [3.05, 3.63) is 0 Å². The molecule has 0 radical (unpaired) electrons. The molecule has 16 heavy (non-hydrogen) atoms. The molecule has 0 aromatic carbocycles. The van der Waals surface area contributed by atoms with Crippen molar-refractivity contribution in [3.63, 3.8) is 0 Å². The molecule has 1 atom stereocenters. The molecule has 10 heteroatoms. The number of nitrogens with two attached hydrogens (primary N) is 3. The summed E-state index contributed by atoms with van der Waals surface area (Å²) >= 11 is 0. The minimum Gasteiger partial charge on any atom is -0.393 e. The summed E-state index contributed by atoms with van der Waals surface area (Å²) in [5.41, 5.74) is 16.4. The lowest BCUT2D eigenvalue weighted by molar-refractivity contribution is 0.223. The van der Waals surface area contributed by atoms with Gasteiger partial charge in [-0.05, 0) is 6.92 Å². The molecule has 0 amide bonds. The molecule has 0 aliphatic carbocycles. The number of aliphatic hydroxyl groups is 1. The average Bonchev–Trinajstić information content (AvgIpc) is 1.98. The minimum atomic E-state index is -0.776. The summed E-state index contributed by atoms with van der Waals surface area (Å²) in [6, 6.07) is 0. The van der Waals surface area contributed by atoms with Crippen molar-refractivity contribution in [2.45, 2.75) is 13.2 Å². The molecule has 1 heterocycles. The summed E-state index contributed by atoms with van der Waals surface area (Å²) in [6.45, 7) is 1.52. The Labute approximate surface area is 111 Å². The number of aliphatic hydroxyl groups excluding tert-OH is 1. The lowest BCUT2D eigenvalue weighted by Crippen LogP contribution is -2.17. The van der Waals surface area contributed by atoms with Gasteiger partial charge < -0.3 is 27.6 Å². The second kappa shape index (κ2) is 8.28. The average molecular weight is 294 g/mol. The van der Waals surface area contributed by atoms with Crippen LogP contribution in [0.1, 0.15) is 6.92 Å². The van der Waals surface area contributed by atoms with Crippen molar-refractivity contribution in [2.24, 2.45) is 0 Å². The predicted octanol–water partition coefficient (Wildman–Crippen LogP) is 0.239. The van der Waals surface area contributed by atoms with E-state index >= 15 is 0 Å². The molecule has 7 nitrogen and oxygen atoms in total. The minimum absolute atomic E-state index is 0. The Balaban J connectivity index is -0.000000563. The Morgan fingerprint density at radius 3 is 1.75 bits per heavy atom. The zero-order chi connectivity index (χ0) is 10.0. The van der Waals surface area contributed by atoms with Crippen molar-refractivity contribution >= 4 is 60.5 Å². The number of nitrogen functional groups attached to an aromatic ring is 3. The van der Waals surface area contributed by atoms with Gasteiger partial charge in [0, 0.05) is 0 Å². The van der Waals surface area contributed by atoms with E-state index in [1.807, 2.05) is 0 Å². The quantitative estimate of drug-likeness (QED) is 0.493. The van der Waals surface area contributed by atoms with Gasteiger partial charge in [0.2, 0.25) is 5.95 Å². The van der Waals surface area contributed by atoms with E-state index in [2.05, 4.69) is 15.3 Å². The normalized spacial score (nSPS) is 10.1. The van der Waals surface area contributed by atoms with E-state index < -0.39 is 6.23 Å². The standard InChI is InChI=1S/C6H12N6O.3ClH/c1-2(13)10-6-11-4(8)3(7)5(9)12-6;;;/h2,13H,7H2,1H3,(H5,8,9,10,11,12);3*1H. The number of nitrogens with zero attached hydrogens (tertiary/aromatic N) is 2. The summed E-state index contributed by atoms with van der Waals surface area (Å²) in [7, 11) is 0. The Morgan fingerprint density at radius 1 is 1.06 bits per heavy atom. The van der Waals surface area contributed by atoms with Crippen molar-refractivity contribution < 1.29 is 5.11 Å². The van der Waals surface area contributed by atoms with Gasteiger partial charge in [-0.3, -0.25) is 0 Å². The molecule has 0 saturated heterocycles. The van der Waals surface area contributed by atoms with E-state index in [-0.39, 0.29) is 60.5 Å². The maximum Gasteiger partial charge on any atom is 0.228 e. The number of halogens is 3. The lowest BCUT2D eigenvalue weighted by Gasteiger charge is -2.09. The van der Waals surface area contributed by atoms with Crippen LogP contribution in [0.15, 0.2) is 0 Å². The molecule has 1 unspecified atom stereocenters. The molecule has 1 aromatic heterocycles. The van der Waals surface area contributed by atoms with E-state index in [0.717, 1.165) is 0 Å². The van der Waals surface area contributed by atoms with E-state index in [1.54, 1.807) is 0 Å². The first kappa shape index (κ1) is 20.5. The van der Waals surface area contributed by atoms with Gasteiger partial charge in [0.15, 0.2) is 11.6 Å². The van der Waals surface area contributed by atoms with Crippen molar-refractivity contribution in [1.82, 2.24) is 9.97 Å². The first-order valence-corrected chi connectivity index (χ1v) is 3.63. The van der Waals surface area contributed by atoms with Crippen molar-refractivity contribution in [2.75, 3.05) is 22.5 Å². The summed E-state index contributed by atoms with van der Waals surface area (Å²) in [6.07, 6.45) is -0.776. The van der Waals surface area contributed by atoms with Crippen LogP contribution in [0.25, 0.3) is 0 Å². The fraction of sp³-hybridized carbons (Fsp3) is 0.333. The number of aromatic nitrogens is 2. The maximum atomic E-state index is 8.95. The predicted molar refractivity (Wildman–Crippen MR) is 72.3 cm³/mol. The zero-order valence-electron chi connectivity index (χ0n) is 8.38. The molecule has 0 saturated carbocycles. The van der Waals surface area contributed by atoms with E-state index in [4.69, 9.17) is 22.3 Å². The van der Waals surface area contributed by atoms with E-state index in [9.17, 15) is 0 Å². The van der Waals surface area contributed by atoms with Crippen LogP contribution in [0.3, 0.4) is 0 Å². The third-order valence-corrected chi connectivity index (χ3v) is 1.34. The van der Waals surface area contributed by atoms with Crippen LogP contribution in [0.2, 0.25) is 0 Å². The molecular weight excluding hydrogens is 278 g/mol. The van der Waals surface area contributed by atoms with Crippen LogP contribution in [-0.4, -0.2) is 21.3 Å². The van der Waals surface area contributed by atoms with Gasteiger partial charge in [-0.25, -0.2) is 0 Å². The lowest BCUT2D eigenvalue weighted by atomic mass is 10.4. The number of rotatable bonds is 2. The highest BCUT2D eigenvalue weighted by molar-refractivity contribution is 5.86. The summed E-state index contributed by atoms with van der Waals surface area (Å²) in [5.74, 6) is 0.338. The SMILES string of the molecule is CC(O)Nc1nc(N)c(N)c(N)n1.Cl.Cl.Cl. The number of hydrogen-bond donors (Lipinski definition) is 5. The van der Waals surface area contributed by atoms with Crippen LogP contribution < -0.4 is 22.5 Å². The summed E-state index contributed by atoms with van der Waals surface area (Å²) < 4.78 is 0. The second-order valence-electron chi connectivity index (χ2n) is 2.55. The fourth-order valence-corrected chi connectivity index (χ4v) is 0.756. The molecular formula is C6H15Cl3N6O. The smallest absolute Gasteiger partial charge is 0.228 e. The number of anilines is 4. The van der Waals surface area contributed by atoms with Crippen LogP contribution in [0.5, 0.6) is 0 Å². The largest absolute Gasteiger partial charge is 0.393 e. The van der Waals surface area contributed by atoms with Gasteiger partial charge >= 0.3 is 0 Å². The third-order valence-electron chi connectivity index (χ3n) is 1.34. The van der Waals surface area contributed by atoms with Crippen LogP contribution in [0, 0.1) is 0 Å². The van der Waals surface area contributed by atoms with Gasteiger partial charge in [-0.2, -0.15) is 9.97 Å². The summed E-state index contributed by atoms with van der Waals surface area (Å²) in [4.78, 5) is 7.53. The number of hydrogen-bond acceptors (Lipinski definition) is 7. The third kappa shape index (κ3) is 5.26. The van der Waals surface area contributed by atoms with Gasteiger partial charge in [0.1, 0.15) is 11.9 Å². The molecule has 96 valence electrons. The van der Waals surface area contributed by atoms with Gasteiger partial charge in [-0.15, -0.1) is 37.2 Å². The van der Waals surface area contributed by atoms with Gasteiger partial charge in [0.05, 0.1) is 0 Å². The number of nitrogens with one attached hydrogen (secondary N) is 1. The highest BCUT2D eigenvalue weighted by Crippen LogP contribution is 2.19. The monoisotopic (exact) mass is 292 g/mol. The van der Waals surface area contributed by atoms with Crippen LogP contribution in [0.4, 0.5) is 23.3 Å². The first-order valence-electron chi connectivity index (χ1n) is 3.63.